The van der Waals surface area contributed by atoms with Crippen molar-refractivity contribution < 1.29 is 9.53 Å². The average Bonchev–Trinajstić information content (AvgIpc) is 3.23. The molecule has 2 fully saturated rings. The first kappa shape index (κ1) is 20.7. The van der Waals surface area contributed by atoms with Crippen molar-refractivity contribution in [2.24, 2.45) is 5.41 Å². The Hall–Kier alpha value is -2.88. The van der Waals surface area contributed by atoms with Gasteiger partial charge in [-0.2, -0.15) is 15.3 Å². The summed E-state index contributed by atoms with van der Waals surface area (Å²) in [5.74, 6) is 0.736. The highest BCUT2D eigenvalue weighted by molar-refractivity contribution is 6.32. The summed E-state index contributed by atoms with van der Waals surface area (Å²) in [5, 5.41) is 13.3. The summed E-state index contributed by atoms with van der Waals surface area (Å²) < 4.78 is 7.47. The van der Waals surface area contributed by atoms with Crippen LogP contribution in [0, 0.1) is 5.41 Å². The molecule has 11 heteroatoms. The number of carbonyl (C=O) groups excluding carboxylic acids is 1. The van der Waals surface area contributed by atoms with E-state index >= 15 is 0 Å². The molecule has 1 saturated carbocycles. The lowest BCUT2D eigenvalue weighted by molar-refractivity contribution is -0.117. The molecule has 4 aromatic rings. The number of halogens is 2. The van der Waals surface area contributed by atoms with Crippen LogP contribution in [0.5, 0.6) is 0 Å². The molecule has 1 spiro atoms. The molecule has 6 rings (SSSR count). The van der Waals surface area contributed by atoms with Gasteiger partial charge in [-0.3, -0.25) is 4.79 Å². The Kier molecular flexibility index (Phi) is 4.93. The second-order valence-corrected chi connectivity index (χ2v) is 9.48. The van der Waals surface area contributed by atoms with Crippen molar-refractivity contribution >= 4 is 34.6 Å². The Balaban J connectivity index is 1.26. The normalized spacial score (nSPS) is 21.8. The number of nitrogens with zero attached hydrogens (tertiary/aromatic N) is 7. The summed E-state index contributed by atoms with van der Waals surface area (Å²) in [7, 11) is 0. The van der Waals surface area contributed by atoms with E-state index in [-0.39, 0.29) is 30.0 Å². The van der Waals surface area contributed by atoms with Gasteiger partial charge in [-0.25, -0.2) is 14.5 Å². The molecule has 0 radical (unpaired) electrons. The van der Waals surface area contributed by atoms with Gasteiger partial charge in [0.2, 0.25) is 0 Å². The zero-order valence-electron chi connectivity index (χ0n) is 17.5. The molecular weight excluding hydrogens is 465 g/mol. The number of ketones is 1. The molecule has 4 aromatic heterocycles. The molecule has 0 N–H and O–H groups in total. The fraction of sp³-hybridized carbons (Fsp3) is 0.364. The molecule has 0 amide bonds. The molecule has 1 aliphatic heterocycles. The summed E-state index contributed by atoms with van der Waals surface area (Å²) in [6.07, 6.45) is 8.99. The lowest BCUT2D eigenvalue weighted by Gasteiger charge is -2.13. The lowest BCUT2D eigenvalue weighted by atomic mass is 9.96. The van der Waals surface area contributed by atoms with E-state index in [2.05, 4.69) is 25.3 Å². The Morgan fingerprint density at radius 1 is 1.15 bits per heavy atom. The lowest BCUT2D eigenvalue weighted by Crippen LogP contribution is -2.14. The van der Waals surface area contributed by atoms with Crippen molar-refractivity contribution in [3.8, 4) is 5.82 Å². The second kappa shape index (κ2) is 7.86. The molecule has 9 nitrogen and oxygen atoms in total. The molecule has 0 bridgehead atoms. The number of hydrogen-bond donors (Lipinski definition) is 0. The first-order chi connectivity index (χ1) is 16.0. The molecule has 168 valence electrons. The van der Waals surface area contributed by atoms with Gasteiger partial charge in [-0.15, -0.1) is 4.80 Å². The van der Waals surface area contributed by atoms with Crippen LogP contribution < -0.4 is 0 Å². The molecule has 0 aromatic carbocycles. The highest BCUT2D eigenvalue weighted by Crippen LogP contribution is 2.64. The van der Waals surface area contributed by atoms with Crippen LogP contribution in [0.2, 0.25) is 10.2 Å². The number of Topliss-reactive ketones (excluding diaryl/α,β-unsaturated/α-hetero) is 1. The van der Waals surface area contributed by atoms with Crippen LogP contribution in [0.1, 0.15) is 35.6 Å². The van der Waals surface area contributed by atoms with Crippen LogP contribution in [0.25, 0.3) is 11.5 Å². The van der Waals surface area contributed by atoms with E-state index in [0.717, 1.165) is 42.9 Å². The van der Waals surface area contributed by atoms with Crippen LogP contribution >= 0.6 is 23.2 Å². The van der Waals surface area contributed by atoms with Crippen molar-refractivity contribution in [1.82, 2.24) is 34.6 Å². The maximum absolute atomic E-state index is 13.0. The molecule has 5 heterocycles. The highest BCUT2D eigenvalue weighted by atomic mass is 35.5. The minimum Gasteiger partial charge on any atom is -0.381 e. The molecular formula is C22H19Cl2N7O2. The van der Waals surface area contributed by atoms with E-state index in [9.17, 15) is 4.79 Å². The Morgan fingerprint density at radius 2 is 2.00 bits per heavy atom. The maximum Gasteiger partial charge on any atom is 0.193 e. The summed E-state index contributed by atoms with van der Waals surface area (Å²) >= 11 is 12.5. The Labute approximate surface area is 198 Å². The van der Waals surface area contributed by atoms with Gasteiger partial charge < -0.3 is 4.74 Å². The fourth-order valence-corrected chi connectivity index (χ4v) is 5.24. The second-order valence-electron chi connectivity index (χ2n) is 8.69. The first-order valence-corrected chi connectivity index (χ1v) is 11.4. The summed E-state index contributed by atoms with van der Waals surface area (Å²) in [4.78, 5) is 23.2. The van der Waals surface area contributed by atoms with E-state index in [1.54, 1.807) is 41.4 Å². The van der Waals surface area contributed by atoms with Crippen LogP contribution in [-0.4, -0.2) is 53.6 Å². The number of fused-ring (bicyclic) bond motifs is 1. The number of hydrogen-bond acceptors (Lipinski definition) is 7. The van der Waals surface area contributed by atoms with Crippen molar-refractivity contribution in [3.63, 3.8) is 0 Å². The van der Waals surface area contributed by atoms with E-state index in [0.29, 0.717) is 21.6 Å². The van der Waals surface area contributed by atoms with Gasteiger partial charge in [0.25, 0.3) is 0 Å². The third-order valence-corrected chi connectivity index (χ3v) is 6.96. The number of aromatic nitrogens is 7. The van der Waals surface area contributed by atoms with Crippen LogP contribution in [0.15, 0.2) is 36.9 Å². The summed E-state index contributed by atoms with van der Waals surface area (Å²) in [6.45, 7) is 1.52. The van der Waals surface area contributed by atoms with Gasteiger partial charge in [-0.1, -0.05) is 23.2 Å². The number of carbonyl (C=O) groups is 1. The van der Waals surface area contributed by atoms with E-state index in [1.165, 1.54) is 4.80 Å². The van der Waals surface area contributed by atoms with Gasteiger partial charge in [0, 0.05) is 49.2 Å². The quantitative estimate of drug-likeness (QED) is 0.414. The van der Waals surface area contributed by atoms with E-state index in [1.807, 2.05) is 0 Å². The van der Waals surface area contributed by atoms with Gasteiger partial charge in [0.15, 0.2) is 16.6 Å². The van der Waals surface area contributed by atoms with Crippen molar-refractivity contribution in [3.05, 3.63) is 63.9 Å². The summed E-state index contributed by atoms with van der Waals surface area (Å²) in [6, 6.07) is 3.47. The SMILES string of the molecule is O=C(Cc1cnc(-n2nccn2)c(Cl)c1)Cc1cnc2cc(Cl)nn2c1C1CC12CCOC2. The summed E-state index contributed by atoms with van der Waals surface area (Å²) in [5.41, 5.74) is 3.44. The topological polar surface area (TPSA) is 100 Å². The van der Waals surface area contributed by atoms with Gasteiger partial charge >= 0.3 is 0 Å². The number of pyridine rings is 1. The minimum atomic E-state index is 0.0378. The smallest absolute Gasteiger partial charge is 0.193 e. The van der Waals surface area contributed by atoms with Gasteiger partial charge in [0.1, 0.15) is 5.78 Å². The molecule has 33 heavy (non-hydrogen) atoms. The molecule has 1 aliphatic carbocycles. The van der Waals surface area contributed by atoms with Crippen molar-refractivity contribution in [2.45, 2.75) is 31.6 Å². The van der Waals surface area contributed by atoms with Crippen LogP contribution in [-0.2, 0) is 22.4 Å². The van der Waals surface area contributed by atoms with Crippen molar-refractivity contribution in [1.29, 1.82) is 0 Å². The highest BCUT2D eigenvalue weighted by Gasteiger charge is 2.58. The number of rotatable bonds is 6. The zero-order chi connectivity index (χ0) is 22.6. The van der Waals surface area contributed by atoms with Crippen LogP contribution in [0.4, 0.5) is 0 Å². The first-order valence-electron chi connectivity index (χ1n) is 10.7. The minimum absolute atomic E-state index is 0.0378. The monoisotopic (exact) mass is 483 g/mol. The third-order valence-electron chi connectivity index (χ3n) is 6.50. The average molecular weight is 484 g/mol. The third kappa shape index (κ3) is 3.70. The predicted molar refractivity (Wildman–Crippen MR) is 120 cm³/mol. The van der Waals surface area contributed by atoms with Gasteiger partial charge in [0.05, 0.1) is 29.7 Å². The molecule has 2 unspecified atom stereocenters. The molecule has 2 atom stereocenters. The Morgan fingerprint density at radius 3 is 2.76 bits per heavy atom. The standard InChI is InChI=1S/C22H19Cl2N7O2/c23-17-6-13(10-26-21(17)31-27-2-3-28-31)5-15(32)7-14-11-25-19-8-18(24)29-30(19)20(14)16-9-22(16)1-4-33-12-22/h2-3,6,8,10-11,16H,1,4-5,7,9,12H2. The van der Waals surface area contributed by atoms with Gasteiger partial charge in [-0.05, 0) is 30.0 Å². The van der Waals surface area contributed by atoms with E-state index in [4.69, 9.17) is 27.9 Å². The fourth-order valence-electron chi connectivity index (χ4n) is 4.80. The van der Waals surface area contributed by atoms with Crippen LogP contribution in [0.3, 0.4) is 0 Å². The van der Waals surface area contributed by atoms with Crippen molar-refractivity contribution in [2.75, 3.05) is 13.2 Å². The predicted octanol–water partition coefficient (Wildman–Crippen LogP) is 3.26. The maximum atomic E-state index is 13.0. The molecule has 1 saturated heterocycles. The largest absolute Gasteiger partial charge is 0.381 e. The zero-order valence-corrected chi connectivity index (χ0v) is 19.0. The molecule has 2 aliphatic rings. The van der Waals surface area contributed by atoms with E-state index < -0.39 is 0 Å². The number of ether oxygens (including phenoxy) is 1. The Bertz CT molecular complexity index is 1360.